The average molecular weight is 287 g/mol. The summed E-state index contributed by atoms with van der Waals surface area (Å²) >= 11 is 1.64. The normalized spacial score (nSPS) is 15.3. The molecule has 1 aliphatic heterocycles. The van der Waals surface area contributed by atoms with Crippen molar-refractivity contribution < 1.29 is 9.53 Å². The molecule has 3 rings (SSSR count). The first-order chi connectivity index (χ1) is 9.77. The lowest BCUT2D eigenvalue weighted by molar-refractivity contribution is 0.0303. The first-order valence-electron chi connectivity index (χ1n) is 6.78. The molecular formula is C16H17NO2S. The van der Waals surface area contributed by atoms with Crippen molar-refractivity contribution in [2.24, 2.45) is 0 Å². The van der Waals surface area contributed by atoms with Crippen LogP contribution in [-0.2, 0) is 4.74 Å². The lowest BCUT2D eigenvalue weighted by Gasteiger charge is -2.26. The third-order valence-corrected chi connectivity index (χ3v) is 4.74. The predicted octanol–water partition coefficient (Wildman–Crippen LogP) is 3.20. The minimum Gasteiger partial charge on any atom is -0.378 e. The summed E-state index contributed by atoms with van der Waals surface area (Å²) in [6.45, 7) is 4.69. The zero-order valence-corrected chi connectivity index (χ0v) is 12.3. The van der Waals surface area contributed by atoms with Gasteiger partial charge < -0.3 is 9.64 Å². The molecule has 3 nitrogen and oxygen atoms in total. The van der Waals surface area contributed by atoms with Crippen molar-refractivity contribution in [3.05, 3.63) is 46.8 Å². The Hall–Kier alpha value is -1.65. The van der Waals surface area contributed by atoms with Crippen LogP contribution in [0.15, 0.2) is 35.7 Å². The zero-order chi connectivity index (χ0) is 13.9. The van der Waals surface area contributed by atoms with Crippen LogP contribution in [0.25, 0.3) is 10.4 Å². The molecule has 2 aromatic rings. The van der Waals surface area contributed by atoms with E-state index in [9.17, 15) is 4.79 Å². The third-order valence-electron chi connectivity index (χ3n) is 3.60. The van der Waals surface area contributed by atoms with Gasteiger partial charge in [-0.25, -0.2) is 0 Å². The van der Waals surface area contributed by atoms with Crippen LogP contribution in [0.3, 0.4) is 0 Å². The standard InChI is InChI=1S/C16H17NO2S/c1-12-14(16(18)17-7-9-19-10-8-17)11-20-15(12)13-5-3-2-4-6-13/h2-6,11H,7-10H2,1H3. The molecule has 1 aromatic carbocycles. The number of carbonyl (C=O) groups excluding carboxylic acids is 1. The zero-order valence-electron chi connectivity index (χ0n) is 11.5. The SMILES string of the molecule is Cc1c(C(=O)N2CCOCC2)csc1-c1ccccc1. The van der Waals surface area contributed by atoms with Crippen LogP contribution in [0.2, 0.25) is 0 Å². The number of hydrogen-bond acceptors (Lipinski definition) is 3. The van der Waals surface area contributed by atoms with Gasteiger partial charge in [0.25, 0.3) is 5.91 Å². The number of hydrogen-bond donors (Lipinski definition) is 0. The molecule has 1 aliphatic rings. The van der Waals surface area contributed by atoms with Gasteiger partial charge in [0.2, 0.25) is 0 Å². The fourth-order valence-electron chi connectivity index (χ4n) is 2.44. The van der Waals surface area contributed by atoms with E-state index < -0.39 is 0 Å². The summed E-state index contributed by atoms with van der Waals surface area (Å²) in [4.78, 5) is 15.6. The molecule has 1 saturated heterocycles. The number of carbonyl (C=O) groups is 1. The van der Waals surface area contributed by atoms with Crippen LogP contribution in [0.1, 0.15) is 15.9 Å². The van der Waals surface area contributed by atoms with Gasteiger partial charge in [0.1, 0.15) is 0 Å². The number of nitrogens with zero attached hydrogens (tertiary/aromatic N) is 1. The summed E-state index contributed by atoms with van der Waals surface area (Å²) in [5, 5.41) is 1.98. The molecule has 20 heavy (non-hydrogen) atoms. The molecule has 1 aromatic heterocycles. The van der Waals surface area contributed by atoms with E-state index in [0.717, 1.165) is 11.1 Å². The molecule has 0 aliphatic carbocycles. The van der Waals surface area contributed by atoms with Gasteiger partial charge in [0, 0.05) is 23.3 Å². The second-order valence-corrected chi connectivity index (χ2v) is 5.75. The Labute approximate surface area is 122 Å². The number of amides is 1. The Balaban J connectivity index is 1.88. The van der Waals surface area contributed by atoms with E-state index in [2.05, 4.69) is 12.1 Å². The molecule has 0 spiro atoms. The molecule has 1 fully saturated rings. The lowest BCUT2D eigenvalue weighted by atomic mass is 10.1. The van der Waals surface area contributed by atoms with Crippen LogP contribution in [0.5, 0.6) is 0 Å². The van der Waals surface area contributed by atoms with E-state index in [0.29, 0.717) is 26.3 Å². The van der Waals surface area contributed by atoms with Crippen molar-refractivity contribution in [3.63, 3.8) is 0 Å². The number of morpholine rings is 1. The largest absolute Gasteiger partial charge is 0.378 e. The third kappa shape index (κ3) is 2.49. The van der Waals surface area contributed by atoms with E-state index in [1.165, 1.54) is 10.4 Å². The minimum atomic E-state index is 0.129. The summed E-state index contributed by atoms with van der Waals surface area (Å²) in [6, 6.07) is 10.2. The number of thiophene rings is 1. The number of benzene rings is 1. The molecule has 0 N–H and O–H groups in total. The Morgan fingerprint density at radius 3 is 2.60 bits per heavy atom. The molecule has 104 valence electrons. The quantitative estimate of drug-likeness (QED) is 0.849. The van der Waals surface area contributed by atoms with Crippen LogP contribution >= 0.6 is 11.3 Å². The molecule has 0 atom stereocenters. The van der Waals surface area contributed by atoms with Gasteiger partial charge in [0.05, 0.1) is 18.8 Å². The van der Waals surface area contributed by atoms with Crippen molar-refractivity contribution >= 4 is 17.2 Å². The number of ether oxygens (including phenoxy) is 1. The van der Waals surface area contributed by atoms with Crippen molar-refractivity contribution in [3.8, 4) is 10.4 Å². The lowest BCUT2D eigenvalue weighted by Crippen LogP contribution is -2.40. The Morgan fingerprint density at radius 1 is 1.20 bits per heavy atom. The minimum absolute atomic E-state index is 0.129. The van der Waals surface area contributed by atoms with E-state index in [4.69, 9.17) is 4.74 Å². The molecule has 0 bridgehead atoms. The number of rotatable bonds is 2. The Bertz CT molecular complexity index is 600. The van der Waals surface area contributed by atoms with Crippen LogP contribution < -0.4 is 0 Å². The van der Waals surface area contributed by atoms with Gasteiger partial charge in [-0.1, -0.05) is 30.3 Å². The molecule has 0 unspecified atom stereocenters. The topological polar surface area (TPSA) is 29.5 Å². The van der Waals surface area contributed by atoms with Gasteiger partial charge in [0.15, 0.2) is 0 Å². The maximum Gasteiger partial charge on any atom is 0.255 e. The van der Waals surface area contributed by atoms with Gasteiger partial charge >= 0.3 is 0 Å². The highest BCUT2D eigenvalue weighted by Gasteiger charge is 2.22. The molecule has 0 radical (unpaired) electrons. The molecular weight excluding hydrogens is 270 g/mol. The molecule has 4 heteroatoms. The maximum atomic E-state index is 12.5. The van der Waals surface area contributed by atoms with Crippen LogP contribution in [-0.4, -0.2) is 37.1 Å². The second-order valence-electron chi connectivity index (χ2n) is 4.87. The van der Waals surface area contributed by atoms with Crippen molar-refractivity contribution in [2.75, 3.05) is 26.3 Å². The monoisotopic (exact) mass is 287 g/mol. The summed E-state index contributed by atoms with van der Waals surface area (Å²) < 4.78 is 5.30. The van der Waals surface area contributed by atoms with Gasteiger partial charge in [-0.2, -0.15) is 0 Å². The molecule has 0 saturated carbocycles. The fourth-order valence-corrected chi connectivity index (χ4v) is 3.51. The average Bonchev–Trinajstić information content (AvgIpc) is 2.90. The van der Waals surface area contributed by atoms with E-state index in [1.54, 1.807) is 11.3 Å². The van der Waals surface area contributed by atoms with Crippen molar-refractivity contribution in [2.45, 2.75) is 6.92 Å². The highest BCUT2D eigenvalue weighted by molar-refractivity contribution is 7.14. The van der Waals surface area contributed by atoms with E-state index in [1.807, 2.05) is 35.4 Å². The fraction of sp³-hybridized carbons (Fsp3) is 0.312. The maximum absolute atomic E-state index is 12.5. The van der Waals surface area contributed by atoms with E-state index >= 15 is 0 Å². The second kappa shape index (κ2) is 5.77. The van der Waals surface area contributed by atoms with Crippen molar-refractivity contribution in [1.29, 1.82) is 0 Å². The van der Waals surface area contributed by atoms with Gasteiger partial charge in [-0.3, -0.25) is 4.79 Å². The van der Waals surface area contributed by atoms with Crippen molar-refractivity contribution in [1.82, 2.24) is 4.90 Å². The molecule has 1 amide bonds. The smallest absolute Gasteiger partial charge is 0.255 e. The molecule has 2 heterocycles. The predicted molar refractivity (Wildman–Crippen MR) is 81.2 cm³/mol. The first-order valence-corrected chi connectivity index (χ1v) is 7.66. The van der Waals surface area contributed by atoms with Crippen LogP contribution in [0.4, 0.5) is 0 Å². The van der Waals surface area contributed by atoms with Gasteiger partial charge in [-0.05, 0) is 18.1 Å². The first kappa shape index (κ1) is 13.3. The van der Waals surface area contributed by atoms with Crippen LogP contribution in [0, 0.1) is 6.92 Å². The Kier molecular flexibility index (Phi) is 3.85. The summed E-state index contributed by atoms with van der Waals surface area (Å²) in [5.74, 6) is 0.129. The van der Waals surface area contributed by atoms with Gasteiger partial charge in [-0.15, -0.1) is 11.3 Å². The van der Waals surface area contributed by atoms with E-state index in [-0.39, 0.29) is 5.91 Å². The summed E-state index contributed by atoms with van der Waals surface area (Å²) in [6.07, 6.45) is 0. The highest BCUT2D eigenvalue weighted by Crippen LogP contribution is 2.32. The Morgan fingerprint density at radius 2 is 1.90 bits per heavy atom. The highest BCUT2D eigenvalue weighted by atomic mass is 32.1. The summed E-state index contributed by atoms with van der Waals surface area (Å²) in [7, 11) is 0. The summed E-state index contributed by atoms with van der Waals surface area (Å²) in [5.41, 5.74) is 3.09.